The average molecular weight is 645 g/mol. The van der Waals surface area contributed by atoms with Gasteiger partial charge in [-0.25, -0.2) is 9.78 Å². The smallest absolute Gasteiger partial charge is 0.347 e. The second kappa shape index (κ2) is 16.5. The van der Waals surface area contributed by atoms with Crippen LogP contribution in [0.25, 0.3) is 11.3 Å². The summed E-state index contributed by atoms with van der Waals surface area (Å²) in [4.78, 5) is 20.3. The van der Waals surface area contributed by atoms with Gasteiger partial charge in [0.05, 0.1) is 33.1 Å². The van der Waals surface area contributed by atoms with Crippen LogP contribution in [0.5, 0.6) is 23.0 Å². The number of carbonyl (C=O) groups is 1. The molecule has 0 saturated heterocycles. The van der Waals surface area contributed by atoms with Crippen LogP contribution in [-0.4, -0.2) is 49.5 Å². The molecule has 1 aromatic heterocycles. The third-order valence-electron chi connectivity index (χ3n) is 7.97. The predicted molar refractivity (Wildman–Crippen MR) is 181 cm³/mol. The number of nitrogens with one attached hydrogen (secondary N) is 1. The lowest BCUT2D eigenvalue weighted by Crippen LogP contribution is -2.32. The molecule has 0 bridgehead atoms. The van der Waals surface area contributed by atoms with Crippen LogP contribution in [0.2, 0.25) is 0 Å². The van der Waals surface area contributed by atoms with Crippen LogP contribution in [0.15, 0.2) is 66.0 Å². The predicted octanol–water partition coefficient (Wildman–Crippen LogP) is 8.00. The molecular weight excluding hydrogens is 600 g/mol. The number of rotatable bonds is 16. The number of nitrogens with zero attached hydrogens (tertiary/aromatic N) is 1. The number of methoxy groups -OCH3 is 2. The van der Waals surface area contributed by atoms with Crippen molar-refractivity contribution in [1.29, 1.82) is 0 Å². The fraction of sp³-hybridized carbons (Fsp3) is 0.405. The zero-order valence-corrected chi connectivity index (χ0v) is 28.0. The molecule has 0 amide bonds. The molecule has 0 spiro atoms. The summed E-state index contributed by atoms with van der Waals surface area (Å²) in [7, 11) is 3.10. The van der Waals surface area contributed by atoms with Crippen molar-refractivity contribution in [3.8, 4) is 34.3 Å². The van der Waals surface area contributed by atoms with Crippen LogP contribution >= 0.6 is 11.8 Å². The SMILES string of the molecule is CCCc1c(OCCCOc2ccc(-c3c[nH]c(SCc4ccccc4)n3)c(OC)c2CCC)ccc2c1OC(C(=O)OC)CC2. The van der Waals surface area contributed by atoms with E-state index < -0.39 is 6.10 Å². The van der Waals surface area contributed by atoms with E-state index in [0.717, 1.165) is 94.0 Å². The van der Waals surface area contributed by atoms with Gasteiger partial charge >= 0.3 is 5.97 Å². The Labute approximate surface area is 276 Å². The largest absolute Gasteiger partial charge is 0.496 e. The Morgan fingerprint density at radius 3 is 2.39 bits per heavy atom. The summed E-state index contributed by atoms with van der Waals surface area (Å²) in [5.74, 6) is 3.69. The van der Waals surface area contributed by atoms with Crippen molar-refractivity contribution < 1.29 is 28.5 Å². The summed E-state index contributed by atoms with van der Waals surface area (Å²) in [5, 5.41) is 0.870. The molecule has 9 heteroatoms. The maximum Gasteiger partial charge on any atom is 0.347 e. The zero-order valence-electron chi connectivity index (χ0n) is 27.2. The van der Waals surface area contributed by atoms with Gasteiger partial charge in [-0.3, -0.25) is 0 Å². The summed E-state index contributed by atoms with van der Waals surface area (Å²) >= 11 is 1.68. The maximum absolute atomic E-state index is 12.2. The van der Waals surface area contributed by atoms with Crippen LogP contribution in [0.1, 0.15) is 61.8 Å². The molecule has 244 valence electrons. The fourth-order valence-corrected chi connectivity index (χ4v) is 6.54. The Morgan fingerprint density at radius 2 is 1.67 bits per heavy atom. The molecule has 1 aliphatic rings. The van der Waals surface area contributed by atoms with E-state index in [1.807, 2.05) is 36.5 Å². The molecule has 1 unspecified atom stereocenters. The topological polar surface area (TPSA) is 91.9 Å². The number of esters is 1. The van der Waals surface area contributed by atoms with Crippen LogP contribution in [0.3, 0.4) is 0 Å². The van der Waals surface area contributed by atoms with Crippen molar-refractivity contribution in [3.63, 3.8) is 0 Å². The van der Waals surface area contributed by atoms with Crippen LogP contribution < -0.4 is 18.9 Å². The van der Waals surface area contributed by atoms with Crippen molar-refractivity contribution in [1.82, 2.24) is 9.97 Å². The molecule has 3 aromatic carbocycles. The monoisotopic (exact) mass is 644 g/mol. The highest BCUT2D eigenvalue weighted by Crippen LogP contribution is 2.40. The van der Waals surface area contributed by atoms with Crippen molar-refractivity contribution in [2.75, 3.05) is 27.4 Å². The molecule has 4 aromatic rings. The van der Waals surface area contributed by atoms with E-state index in [-0.39, 0.29) is 5.97 Å². The van der Waals surface area contributed by atoms with Crippen LogP contribution in [-0.2, 0) is 34.5 Å². The highest BCUT2D eigenvalue weighted by Gasteiger charge is 2.29. The van der Waals surface area contributed by atoms with Crippen LogP contribution in [0.4, 0.5) is 0 Å². The number of hydrogen-bond acceptors (Lipinski definition) is 8. The Kier molecular flexibility index (Phi) is 11.9. The lowest BCUT2D eigenvalue weighted by molar-refractivity contribution is -0.149. The summed E-state index contributed by atoms with van der Waals surface area (Å²) in [6, 6.07) is 18.5. The number of benzene rings is 3. The standard InChI is InChI=1S/C37H44N2O6S/c1-5-11-28-31(18-15-26-16-19-33(36(40)42-4)45-34(26)28)43-21-10-22-44-32-20-17-27(35(41-3)29(32)12-6-2)30-23-38-37(39-30)46-24-25-13-8-7-9-14-25/h7-9,13-15,17-18,20,23,33H,5-6,10-12,16,19,21-22,24H2,1-4H3,(H,38,39). The molecule has 1 atom stereocenters. The third kappa shape index (κ3) is 7.99. The third-order valence-corrected chi connectivity index (χ3v) is 8.93. The molecule has 46 heavy (non-hydrogen) atoms. The number of imidazole rings is 1. The van der Waals surface area contributed by atoms with E-state index in [1.54, 1.807) is 18.9 Å². The van der Waals surface area contributed by atoms with E-state index in [0.29, 0.717) is 26.1 Å². The Morgan fingerprint density at radius 1 is 0.957 bits per heavy atom. The Bertz CT molecular complexity index is 1590. The van der Waals surface area contributed by atoms with E-state index >= 15 is 0 Å². The van der Waals surface area contributed by atoms with Gasteiger partial charge in [0.25, 0.3) is 0 Å². The van der Waals surface area contributed by atoms with Gasteiger partial charge in [0.15, 0.2) is 11.3 Å². The van der Waals surface area contributed by atoms with E-state index in [1.165, 1.54) is 12.7 Å². The minimum atomic E-state index is -0.578. The summed E-state index contributed by atoms with van der Waals surface area (Å²) in [6.07, 6.45) is 6.97. The van der Waals surface area contributed by atoms with Gasteiger partial charge in [-0.2, -0.15) is 0 Å². The first-order valence-electron chi connectivity index (χ1n) is 16.1. The minimum Gasteiger partial charge on any atom is -0.496 e. The lowest BCUT2D eigenvalue weighted by Gasteiger charge is -2.27. The number of hydrogen-bond donors (Lipinski definition) is 1. The lowest BCUT2D eigenvalue weighted by atomic mass is 9.96. The number of fused-ring (bicyclic) bond motifs is 1. The molecule has 0 fully saturated rings. The maximum atomic E-state index is 12.2. The molecular formula is C37H44N2O6S. The second-order valence-corrected chi connectivity index (χ2v) is 12.2. The Balaban J connectivity index is 1.22. The summed E-state index contributed by atoms with van der Waals surface area (Å²) in [6.45, 7) is 5.27. The molecule has 0 aliphatic carbocycles. The molecule has 0 saturated carbocycles. The van der Waals surface area contributed by atoms with Gasteiger partial charge in [-0.1, -0.05) is 74.8 Å². The molecule has 2 heterocycles. The summed E-state index contributed by atoms with van der Waals surface area (Å²) < 4.78 is 29.6. The van der Waals surface area contributed by atoms with Crippen LogP contribution in [0, 0.1) is 0 Å². The minimum absolute atomic E-state index is 0.337. The first kappa shape index (κ1) is 33.3. The second-order valence-electron chi connectivity index (χ2n) is 11.2. The molecule has 1 aliphatic heterocycles. The van der Waals surface area contributed by atoms with E-state index in [2.05, 4.69) is 43.1 Å². The average Bonchev–Trinajstić information content (AvgIpc) is 3.57. The molecule has 8 nitrogen and oxygen atoms in total. The van der Waals surface area contributed by atoms with Gasteiger partial charge in [0.2, 0.25) is 0 Å². The number of aromatic amines is 1. The number of aryl methyl sites for hydroxylation is 1. The van der Waals surface area contributed by atoms with Gasteiger partial charge in [-0.05, 0) is 55.0 Å². The van der Waals surface area contributed by atoms with Crippen molar-refractivity contribution in [2.24, 2.45) is 0 Å². The number of H-pyrrole nitrogens is 1. The Hall–Kier alpha value is -4.11. The highest BCUT2D eigenvalue weighted by atomic mass is 32.2. The number of aromatic nitrogens is 2. The molecule has 1 N–H and O–H groups in total. The van der Waals surface area contributed by atoms with Crippen molar-refractivity contribution in [2.45, 2.75) is 75.8 Å². The van der Waals surface area contributed by atoms with E-state index in [4.69, 9.17) is 28.7 Å². The first-order valence-corrected chi connectivity index (χ1v) is 17.1. The normalized spacial score (nSPS) is 13.9. The number of thioether (sulfide) groups is 1. The number of ether oxygens (including phenoxy) is 5. The van der Waals surface area contributed by atoms with Gasteiger partial charge in [-0.15, -0.1) is 0 Å². The van der Waals surface area contributed by atoms with Gasteiger partial charge in [0, 0.05) is 35.1 Å². The fourth-order valence-electron chi connectivity index (χ4n) is 5.74. The quantitative estimate of drug-likeness (QED) is 0.0746. The van der Waals surface area contributed by atoms with Gasteiger partial charge in [0.1, 0.15) is 23.0 Å². The van der Waals surface area contributed by atoms with Crippen molar-refractivity contribution >= 4 is 17.7 Å². The molecule has 5 rings (SSSR count). The van der Waals surface area contributed by atoms with Crippen molar-refractivity contribution in [3.05, 3.63) is 83.0 Å². The first-order chi connectivity index (χ1) is 22.6. The summed E-state index contributed by atoms with van der Waals surface area (Å²) in [5.41, 5.74) is 6.21. The molecule has 0 radical (unpaired) electrons. The highest BCUT2D eigenvalue weighted by molar-refractivity contribution is 7.98. The number of carbonyl (C=O) groups excluding carboxylic acids is 1. The van der Waals surface area contributed by atoms with Gasteiger partial charge < -0.3 is 28.7 Å². The van der Waals surface area contributed by atoms with E-state index in [9.17, 15) is 4.79 Å². The zero-order chi connectivity index (χ0) is 32.3.